The van der Waals surface area contributed by atoms with E-state index in [1.807, 2.05) is 0 Å². The lowest BCUT2D eigenvalue weighted by molar-refractivity contribution is -0.142. The Balaban J connectivity index is 2.10. The maximum absolute atomic E-state index is 13.1. The summed E-state index contributed by atoms with van der Waals surface area (Å²) in [7, 11) is 0. The first-order valence-corrected chi connectivity index (χ1v) is 9.46. The smallest absolute Gasteiger partial charge is 0.313 e. The van der Waals surface area contributed by atoms with E-state index in [-0.39, 0.29) is 12.5 Å². The molecule has 1 N–H and O–H groups in total. The fraction of sp³-hybridized carbons (Fsp3) is 0.263. The molecular weight excluding hydrogens is 441 g/mol. The number of carbonyl (C=O) groups is 2. The first-order chi connectivity index (χ1) is 12.1. The molecular formula is C19H16BrCl2NO3. The van der Waals surface area contributed by atoms with E-state index in [1.54, 1.807) is 55.1 Å². The lowest BCUT2D eigenvalue weighted by Gasteiger charge is -2.47. The number of aliphatic carboxylic acids is 1. The van der Waals surface area contributed by atoms with Crippen molar-refractivity contribution in [3.63, 3.8) is 0 Å². The molecule has 1 aliphatic heterocycles. The van der Waals surface area contributed by atoms with Crippen molar-refractivity contribution in [1.82, 2.24) is 4.90 Å². The quantitative estimate of drug-likeness (QED) is 0.676. The van der Waals surface area contributed by atoms with Crippen LogP contribution in [0, 0.1) is 0 Å². The molecule has 0 fully saturated rings. The third-order valence-electron chi connectivity index (χ3n) is 4.77. The van der Waals surface area contributed by atoms with Gasteiger partial charge in [-0.2, -0.15) is 0 Å². The van der Waals surface area contributed by atoms with Gasteiger partial charge < -0.3 is 10.0 Å². The minimum Gasteiger partial charge on any atom is -0.481 e. The van der Waals surface area contributed by atoms with E-state index in [0.717, 1.165) is 10.0 Å². The summed E-state index contributed by atoms with van der Waals surface area (Å²) in [5.41, 5.74) is 0.779. The molecule has 3 rings (SSSR count). The molecule has 0 radical (unpaired) electrons. The highest BCUT2D eigenvalue weighted by Crippen LogP contribution is 2.42. The molecule has 1 unspecified atom stereocenters. The third-order valence-corrected chi connectivity index (χ3v) is 6.01. The van der Waals surface area contributed by atoms with Crippen LogP contribution in [0.5, 0.6) is 0 Å². The fourth-order valence-electron chi connectivity index (χ4n) is 3.44. The Morgan fingerprint density at radius 3 is 2.50 bits per heavy atom. The van der Waals surface area contributed by atoms with Crippen LogP contribution in [0.2, 0.25) is 10.0 Å². The van der Waals surface area contributed by atoms with Crippen LogP contribution in [-0.2, 0) is 11.3 Å². The highest BCUT2D eigenvalue weighted by atomic mass is 79.9. The largest absolute Gasteiger partial charge is 0.481 e. The van der Waals surface area contributed by atoms with E-state index < -0.39 is 17.4 Å². The van der Waals surface area contributed by atoms with Gasteiger partial charge in [0.25, 0.3) is 5.91 Å². The van der Waals surface area contributed by atoms with E-state index in [9.17, 15) is 14.7 Å². The summed E-state index contributed by atoms with van der Waals surface area (Å²) in [6.07, 6.45) is 0. The zero-order valence-corrected chi connectivity index (χ0v) is 17.2. The molecule has 0 saturated carbocycles. The van der Waals surface area contributed by atoms with Crippen molar-refractivity contribution >= 4 is 51.0 Å². The highest BCUT2D eigenvalue weighted by molar-refractivity contribution is 9.10. The lowest BCUT2D eigenvalue weighted by atomic mass is 9.74. The summed E-state index contributed by atoms with van der Waals surface area (Å²) in [6, 6.07) is 10.3. The van der Waals surface area contributed by atoms with Crippen LogP contribution in [-0.4, -0.2) is 27.4 Å². The molecule has 1 heterocycles. The van der Waals surface area contributed by atoms with E-state index in [0.29, 0.717) is 21.2 Å². The Kier molecular flexibility index (Phi) is 5.08. The Labute approximate surface area is 169 Å². The number of carboxylic acid groups (broad SMARTS) is 1. The summed E-state index contributed by atoms with van der Waals surface area (Å²) >= 11 is 15.4. The topological polar surface area (TPSA) is 57.6 Å². The first-order valence-electron chi connectivity index (χ1n) is 7.91. The molecule has 1 aliphatic rings. The van der Waals surface area contributed by atoms with Crippen LogP contribution in [0.4, 0.5) is 0 Å². The standard InChI is InChI=1S/C19H16BrCl2NO3/c1-19(2)16(18(25)26)13-8-11(20)4-5-12(13)17(24)23(19)9-10-3-6-14(21)15(22)7-10/h3-8,16H,9H2,1-2H3,(H,25,26). The molecule has 26 heavy (non-hydrogen) atoms. The van der Waals surface area contributed by atoms with Crippen LogP contribution in [0.25, 0.3) is 0 Å². The maximum Gasteiger partial charge on any atom is 0.313 e. The van der Waals surface area contributed by atoms with Crippen LogP contribution in [0.3, 0.4) is 0 Å². The van der Waals surface area contributed by atoms with Crippen molar-refractivity contribution < 1.29 is 14.7 Å². The number of halogens is 3. The van der Waals surface area contributed by atoms with Gasteiger partial charge >= 0.3 is 5.97 Å². The van der Waals surface area contributed by atoms with Gasteiger partial charge in [-0.25, -0.2) is 0 Å². The number of benzene rings is 2. The maximum atomic E-state index is 13.1. The summed E-state index contributed by atoms with van der Waals surface area (Å²) in [6.45, 7) is 3.78. The number of hydrogen-bond acceptors (Lipinski definition) is 2. The predicted molar refractivity (Wildman–Crippen MR) is 105 cm³/mol. The Hall–Kier alpha value is -1.56. The lowest BCUT2D eigenvalue weighted by Crippen LogP contribution is -2.56. The average molecular weight is 457 g/mol. The molecule has 7 heteroatoms. The second-order valence-corrected chi connectivity index (χ2v) is 8.53. The van der Waals surface area contributed by atoms with Crippen LogP contribution in [0.1, 0.15) is 41.3 Å². The molecule has 0 bridgehead atoms. The van der Waals surface area contributed by atoms with Crippen LogP contribution >= 0.6 is 39.1 Å². The SMILES string of the molecule is CC1(C)C(C(=O)O)c2cc(Br)ccc2C(=O)N1Cc1ccc(Cl)c(Cl)c1. The zero-order chi connectivity index (χ0) is 19.2. The van der Waals surface area contributed by atoms with Crippen molar-refractivity contribution in [1.29, 1.82) is 0 Å². The van der Waals surface area contributed by atoms with E-state index in [2.05, 4.69) is 15.9 Å². The molecule has 0 aromatic heterocycles. The van der Waals surface area contributed by atoms with Gasteiger partial charge in [0.2, 0.25) is 0 Å². The second kappa shape index (κ2) is 6.87. The van der Waals surface area contributed by atoms with Gasteiger partial charge in [0.1, 0.15) is 5.92 Å². The van der Waals surface area contributed by atoms with E-state index in [1.165, 1.54) is 0 Å². The number of rotatable bonds is 3. The number of amides is 1. The first kappa shape index (κ1) is 19.2. The number of hydrogen-bond donors (Lipinski definition) is 1. The number of nitrogens with zero attached hydrogens (tertiary/aromatic N) is 1. The molecule has 0 spiro atoms. The molecule has 1 atom stereocenters. The highest BCUT2D eigenvalue weighted by Gasteiger charge is 2.49. The van der Waals surface area contributed by atoms with Gasteiger partial charge in [0.15, 0.2) is 0 Å². The van der Waals surface area contributed by atoms with Gasteiger partial charge in [-0.15, -0.1) is 0 Å². The molecule has 0 aliphatic carbocycles. The molecule has 1 amide bonds. The van der Waals surface area contributed by atoms with Gasteiger partial charge in [0.05, 0.1) is 15.6 Å². The molecule has 2 aromatic rings. The summed E-state index contributed by atoms with van der Waals surface area (Å²) in [4.78, 5) is 26.8. The van der Waals surface area contributed by atoms with Gasteiger partial charge in [-0.3, -0.25) is 9.59 Å². The average Bonchev–Trinajstić information content (AvgIpc) is 2.54. The summed E-state index contributed by atoms with van der Waals surface area (Å²) < 4.78 is 0.740. The predicted octanol–water partition coefficient (Wildman–Crippen LogP) is 5.36. The van der Waals surface area contributed by atoms with Crippen molar-refractivity contribution in [2.45, 2.75) is 31.8 Å². The molecule has 0 saturated heterocycles. The third kappa shape index (κ3) is 3.24. The zero-order valence-electron chi connectivity index (χ0n) is 14.1. The monoisotopic (exact) mass is 455 g/mol. The summed E-state index contributed by atoms with van der Waals surface area (Å²) in [5.74, 6) is -2.03. The number of fused-ring (bicyclic) bond motifs is 1. The van der Waals surface area contributed by atoms with Crippen molar-refractivity contribution in [2.24, 2.45) is 0 Å². The van der Waals surface area contributed by atoms with Crippen LogP contribution in [0.15, 0.2) is 40.9 Å². The second-order valence-electron chi connectivity index (χ2n) is 6.80. The van der Waals surface area contributed by atoms with Crippen molar-refractivity contribution in [2.75, 3.05) is 0 Å². The number of carbonyl (C=O) groups excluding carboxylic acids is 1. The van der Waals surface area contributed by atoms with Gasteiger partial charge in [-0.05, 0) is 55.3 Å². The van der Waals surface area contributed by atoms with Gasteiger partial charge in [-0.1, -0.05) is 45.2 Å². The minimum atomic E-state index is -0.971. The normalized spacial score (nSPS) is 18.6. The Morgan fingerprint density at radius 1 is 1.19 bits per heavy atom. The Morgan fingerprint density at radius 2 is 1.88 bits per heavy atom. The number of carboxylic acids is 1. The molecule has 136 valence electrons. The minimum absolute atomic E-state index is 0.207. The van der Waals surface area contributed by atoms with Crippen LogP contribution < -0.4 is 0 Å². The molecule has 4 nitrogen and oxygen atoms in total. The van der Waals surface area contributed by atoms with E-state index in [4.69, 9.17) is 23.2 Å². The molecule has 2 aromatic carbocycles. The Bertz CT molecular complexity index is 914. The summed E-state index contributed by atoms with van der Waals surface area (Å²) in [5, 5.41) is 10.7. The fourth-order valence-corrected chi connectivity index (χ4v) is 4.14. The van der Waals surface area contributed by atoms with E-state index >= 15 is 0 Å². The van der Waals surface area contributed by atoms with Gasteiger partial charge in [0, 0.05) is 16.6 Å². The van der Waals surface area contributed by atoms with Crippen molar-refractivity contribution in [3.05, 3.63) is 67.6 Å². The van der Waals surface area contributed by atoms with Crippen molar-refractivity contribution in [3.8, 4) is 0 Å².